The highest BCUT2D eigenvalue weighted by atomic mass is 35.5. The molecule has 28 heavy (non-hydrogen) atoms. The van der Waals surface area contributed by atoms with E-state index in [0.29, 0.717) is 21.5 Å². The third-order valence-corrected chi connectivity index (χ3v) is 4.86. The smallest absolute Gasteiger partial charge is 0.345 e. The number of rotatable bonds is 7. The summed E-state index contributed by atoms with van der Waals surface area (Å²) in [5.74, 6) is -0.193. The summed E-state index contributed by atoms with van der Waals surface area (Å²) in [6, 6.07) is 10.6. The van der Waals surface area contributed by atoms with E-state index in [-0.39, 0.29) is 29.5 Å². The van der Waals surface area contributed by atoms with Crippen LogP contribution in [-0.2, 0) is 18.0 Å². The number of hydrogen-bond donors (Lipinski definition) is 0. The summed E-state index contributed by atoms with van der Waals surface area (Å²) in [5.41, 5.74) is -0.0681. The molecule has 0 saturated heterocycles. The Bertz CT molecular complexity index is 1010. The Hall–Kier alpha value is -2.68. The predicted octanol–water partition coefficient (Wildman–Crippen LogP) is 5.29. The lowest BCUT2D eigenvalue weighted by Crippen LogP contribution is -2.08. The Labute approximate surface area is 173 Å². The van der Waals surface area contributed by atoms with Gasteiger partial charge in [-0.25, -0.2) is 9.78 Å². The van der Waals surface area contributed by atoms with Crippen LogP contribution in [0.5, 0.6) is 5.75 Å². The summed E-state index contributed by atoms with van der Waals surface area (Å²) in [4.78, 5) is 26.9. The fraction of sp³-hybridized carbons (Fsp3) is 0.111. The molecule has 0 radical (unpaired) electrons. The van der Waals surface area contributed by atoms with Crippen molar-refractivity contribution < 1.29 is 19.2 Å². The van der Waals surface area contributed by atoms with Crippen molar-refractivity contribution in [1.29, 1.82) is 0 Å². The van der Waals surface area contributed by atoms with Crippen LogP contribution in [0.3, 0.4) is 0 Å². The van der Waals surface area contributed by atoms with Crippen molar-refractivity contribution in [3.8, 4) is 5.75 Å². The molecular weight excluding hydrogens is 427 g/mol. The molecule has 7 nitrogen and oxygen atoms in total. The quantitative estimate of drug-likeness (QED) is 0.282. The van der Waals surface area contributed by atoms with Gasteiger partial charge in [-0.3, -0.25) is 10.1 Å². The van der Waals surface area contributed by atoms with E-state index in [9.17, 15) is 14.9 Å². The van der Waals surface area contributed by atoms with E-state index >= 15 is 0 Å². The highest BCUT2D eigenvalue weighted by Crippen LogP contribution is 2.24. The molecule has 144 valence electrons. The summed E-state index contributed by atoms with van der Waals surface area (Å²) in [6.07, 6.45) is 0. The average molecular weight is 439 g/mol. The van der Waals surface area contributed by atoms with Crippen molar-refractivity contribution in [2.45, 2.75) is 13.2 Å². The Morgan fingerprint density at radius 1 is 1.11 bits per heavy atom. The average Bonchev–Trinajstić information content (AvgIpc) is 3.13. The van der Waals surface area contributed by atoms with Crippen molar-refractivity contribution in [1.82, 2.24) is 4.98 Å². The van der Waals surface area contributed by atoms with Gasteiger partial charge in [0.25, 0.3) is 5.69 Å². The van der Waals surface area contributed by atoms with Crippen molar-refractivity contribution >= 4 is 46.2 Å². The van der Waals surface area contributed by atoms with Gasteiger partial charge >= 0.3 is 5.97 Å². The van der Waals surface area contributed by atoms with E-state index in [4.69, 9.17) is 32.7 Å². The molecule has 1 aromatic heterocycles. The highest BCUT2D eigenvalue weighted by molar-refractivity contribution is 7.09. The summed E-state index contributed by atoms with van der Waals surface area (Å²) in [7, 11) is 0. The Balaban J connectivity index is 1.58. The van der Waals surface area contributed by atoms with Gasteiger partial charge in [0.15, 0.2) is 0 Å². The van der Waals surface area contributed by atoms with Crippen molar-refractivity contribution in [2.24, 2.45) is 0 Å². The summed E-state index contributed by atoms with van der Waals surface area (Å²) in [5, 5.41) is 14.3. The van der Waals surface area contributed by atoms with Gasteiger partial charge in [-0.15, -0.1) is 11.3 Å². The van der Waals surface area contributed by atoms with E-state index < -0.39 is 10.9 Å². The minimum Gasteiger partial charge on any atom is -0.486 e. The van der Waals surface area contributed by atoms with E-state index in [1.165, 1.54) is 23.5 Å². The largest absolute Gasteiger partial charge is 0.486 e. The van der Waals surface area contributed by atoms with Crippen LogP contribution in [0.4, 0.5) is 5.69 Å². The maximum Gasteiger partial charge on any atom is 0.345 e. The number of carbonyl (C=O) groups excluding carboxylic acids is 1. The van der Waals surface area contributed by atoms with Crippen LogP contribution in [0.25, 0.3) is 0 Å². The first-order valence-corrected chi connectivity index (χ1v) is 9.48. The molecule has 0 saturated carbocycles. The Kier molecular flexibility index (Phi) is 6.45. The molecule has 0 aliphatic carbocycles. The molecule has 10 heteroatoms. The number of nitro benzene ring substituents is 1. The van der Waals surface area contributed by atoms with Gasteiger partial charge < -0.3 is 9.47 Å². The lowest BCUT2D eigenvalue weighted by atomic mass is 10.2. The van der Waals surface area contributed by atoms with E-state index in [0.717, 1.165) is 6.07 Å². The summed E-state index contributed by atoms with van der Waals surface area (Å²) in [6.45, 7) is 0.125. The Morgan fingerprint density at radius 2 is 1.82 bits per heavy atom. The van der Waals surface area contributed by atoms with Gasteiger partial charge in [0.05, 0.1) is 10.6 Å². The fourth-order valence-corrected chi connectivity index (χ4v) is 3.19. The summed E-state index contributed by atoms with van der Waals surface area (Å²) >= 11 is 13.0. The van der Waals surface area contributed by atoms with E-state index in [1.807, 2.05) is 0 Å². The number of nitro groups is 1. The van der Waals surface area contributed by atoms with Crippen molar-refractivity contribution in [2.75, 3.05) is 0 Å². The molecule has 0 fully saturated rings. The van der Waals surface area contributed by atoms with Crippen molar-refractivity contribution in [3.63, 3.8) is 0 Å². The zero-order valence-corrected chi connectivity index (χ0v) is 16.5. The number of ether oxygens (including phenoxy) is 2. The molecule has 0 aliphatic heterocycles. The maximum absolute atomic E-state index is 12.2. The molecule has 0 bridgehead atoms. The molecule has 3 aromatic rings. The molecule has 0 spiro atoms. The molecular formula is C18H12Cl2N2O5S. The minimum absolute atomic E-state index is 0.125. The molecule has 1 heterocycles. The monoisotopic (exact) mass is 438 g/mol. The van der Waals surface area contributed by atoms with E-state index in [2.05, 4.69) is 4.98 Å². The molecule has 0 N–H and O–H groups in total. The van der Waals surface area contributed by atoms with Gasteiger partial charge in [0.2, 0.25) is 0 Å². The van der Waals surface area contributed by atoms with Gasteiger partial charge in [-0.1, -0.05) is 23.2 Å². The van der Waals surface area contributed by atoms with E-state index in [1.54, 1.807) is 29.6 Å². The maximum atomic E-state index is 12.2. The second-order valence-corrected chi connectivity index (χ2v) is 7.29. The number of halogens is 2. The number of benzene rings is 2. The first kappa shape index (κ1) is 20.1. The number of nitrogens with zero attached hydrogens (tertiary/aromatic N) is 2. The van der Waals surface area contributed by atoms with Gasteiger partial charge in [-0.05, 0) is 36.4 Å². The SMILES string of the molecule is O=C(OCc1csc(COc2ccc(Cl)cc2)n1)c1cc(Cl)ccc1[N+](=O)[O-]. The molecule has 0 amide bonds. The molecule has 0 unspecified atom stereocenters. The van der Waals surface area contributed by atoms with Crippen LogP contribution in [0.1, 0.15) is 21.1 Å². The number of thiazole rings is 1. The molecule has 2 aromatic carbocycles. The summed E-state index contributed by atoms with van der Waals surface area (Å²) < 4.78 is 10.7. The second kappa shape index (κ2) is 9.01. The van der Waals surface area contributed by atoms with Gasteiger partial charge in [0, 0.05) is 21.5 Å². The number of carbonyl (C=O) groups is 1. The normalized spacial score (nSPS) is 10.5. The van der Waals surface area contributed by atoms with Crippen LogP contribution in [0.2, 0.25) is 10.0 Å². The third kappa shape index (κ3) is 5.19. The lowest BCUT2D eigenvalue weighted by molar-refractivity contribution is -0.385. The van der Waals surface area contributed by atoms with Crippen LogP contribution in [-0.4, -0.2) is 15.9 Å². The predicted molar refractivity (Wildman–Crippen MR) is 105 cm³/mol. The number of hydrogen-bond acceptors (Lipinski definition) is 7. The standard InChI is InChI=1S/C18H12Cl2N2O5S/c19-11-1-4-14(5-2-11)26-9-17-21-13(10-28-17)8-27-18(23)15-7-12(20)3-6-16(15)22(24)25/h1-7,10H,8-9H2. The van der Waals surface area contributed by atoms with Gasteiger partial charge in [-0.2, -0.15) is 0 Å². The second-order valence-electron chi connectivity index (χ2n) is 5.47. The number of esters is 1. The third-order valence-electron chi connectivity index (χ3n) is 3.50. The molecule has 0 aliphatic rings. The fourth-order valence-electron chi connectivity index (χ4n) is 2.21. The van der Waals surface area contributed by atoms with Crippen LogP contribution < -0.4 is 4.74 Å². The lowest BCUT2D eigenvalue weighted by Gasteiger charge is -2.05. The number of aromatic nitrogens is 1. The van der Waals surface area contributed by atoms with Crippen LogP contribution in [0, 0.1) is 10.1 Å². The Morgan fingerprint density at radius 3 is 2.54 bits per heavy atom. The zero-order valence-electron chi connectivity index (χ0n) is 14.1. The van der Waals surface area contributed by atoms with Crippen LogP contribution in [0.15, 0.2) is 47.8 Å². The topological polar surface area (TPSA) is 91.6 Å². The minimum atomic E-state index is -0.846. The first-order valence-electron chi connectivity index (χ1n) is 7.85. The van der Waals surface area contributed by atoms with Crippen LogP contribution >= 0.6 is 34.5 Å². The molecule has 3 rings (SSSR count). The first-order chi connectivity index (χ1) is 13.4. The molecule has 0 atom stereocenters. The highest BCUT2D eigenvalue weighted by Gasteiger charge is 2.22. The zero-order chi connectivity index (χ0) is 20.1. The van der Waals surface area contributed by atoms with Gasteiger partial charge in [0.1, 0.15) is 29.5 Å². The van der Waals surface area contributed by atoms with Crippen molar-refractivity contribution in [3.05, 3.63) is 84.3 Å².